The molecule has 3 aromatic rings. The number of thioether (sulfide) groups is 1. The van der Waals surface area contributed by atoms with Crippen LogP contribution in [-0.2, 0) is 6.54 Å². The maximum atomic E-state index is 12.7. The SMILES string of the molecule is O=C(c1snc2c(=O)n(Cc3ccccc3)c(=O)[nH]c12)N1CCSCC1. The fourth-order valence-corrected chi connectivity index (χ4v) is 4.61. The number of aromatic nitrogens is 3. The molecule has 4 rings (SSSR count). The molecule has 26 heavy (non-hydrogen) atoms. The summed E-state index contributed by atoms with van der Waals surface area (Å²) in [6.45, 7) is 1.49. The van der Waals surface area contributed by atoms with Crippen molar-refractivity contribution in [2.75, 3.05) is 24.6 Å². The number of nitrogens with zero attached hydrogens (tertiary/aromatic N) is 3. The van der Waals surface area contributed by atoms with Gasteiger partial charge in [0.15, 0.2) is 5.52 Å². The van der Waals surface area contributed by atoms with E-state index in [4.69, 9.17) is 0 Å². The van der Waals surface area contributed by atoms with Crippen LogP contribution in [0.5, 0.6) is 0 Å². The van der Waals surface area contributed by atoms with E-state index in [2.05, 4.69) is 9.36 Å². The second-order valence-electron chi connectivity index (χ2n) is 5.95. The summed E-state index contributed by atoms with van der Waals surface area (Å²) < 4.78 is 5.28. The molecule has 0 unspecified atom stereocenters. The first-order chi connectivity index (χ1) is 12.6. The maximum absolute atomic E-state index is 12.7. The highest BCUT2D eigenvalue weighted by molar-refractivity contribution is 7.99. The first-order valence-electron chi connectivity index (χ1n) is 8.18. The van der Waals surface area contributed by atoms with Gasteiger partial charge in [-0.2, -0.15) is 16.1 Å². The lowest BCUT2D eigenvalue weighted by Crippen LogP contribution is -2.38. The Kier molecular flexibility index (Phi) is 4.64. The molecule has 1 saturated heterocycles. The first kappa shape index (κ1) is 17.0. The van der Waals surface area contributed by atoms with Gasteiger partial charge >= 0.3 is 5.69 Å². The number of rotatable bonds is 3. The molecule has 134 valence electrons. The lowest BCUT2D eigenvalue weighted by Gasteiger charge is -2.25. The van der Waals surface area contributed by atoms with Gasteiger partial charge in [-0.25, -0.2) is 4.79 Å². The minimum atomic E-state index is -0.533. The summed E-state index contributed by atoms with van der Waals surface area (Å²) in [5.74, 6) is 1.61. The summed E-state index contributed by atoms with van der Waals surface area (Å²) >= 11 is 2.78. The number of benzene rings is 1. The number of nitrogens with one attached hydrogen (secondary N) is 1. The molecule has 3 heterocycles. The van der Waals surface area contributed by atoms with E-state index in [0.29, 0.717) is 18.0 Å². The molecule has 7 nitrogen and oxygen atoms in total. The minimum absolute atomic E-state index is 0.139. The number of carbonyl (C=O) groups excluding carboxylic acids is 1. The van der Waals surface area contributed by atoms with Crippen molar-refractivity contribution >= 4 is 40.2 Å². The van der Waals surface area contributed by atoms with E-state index in [-0.39, 0.29) is 23.5 Å². The minimum Gasteiger partial charge on any atom is -0.336 e. The van der Waals surface area contributed by atoms with E-state index in [1.165, 1.54) is 0 Å². The van der Waals surface area contributed by atoms with Crippen molar-refractivity contribution in [1.82, 2.24) is 18.8 Å². The second-order valence-corrected chi connectivity index (χ2v) is 7.95. The van der Waals surface area contributed by atoms with Crippen molar-refractivity contribution in [3.8, 4) is 0 Å². The number of amides is 1. The summed E-state index contributed by atoms with van der Waals surface area (Å²) in [4.78, 5) is 42.7. The van der Waals surface area contributed by atoms with E-state index in [9.17, 15) is 14.4 Å². The van der Waals surface area contributed by atoms with Gasteiger partial charge in [0.25, 0.3) is 11.5 Å². The third-order valence-corrected chi connectivity index (χ3v) is 6.07. The van der Waals surface area contributed by atoms with Crippen LogP contribution in [0.2, 0.25) is 0 Å². The molecule has 1 aromatic carbocycles. The highest BCUT2D eigenvalue weighted by Gasteiger charge is 2.25. The highest BCUT2D eigenvalue weighted by Crippen LogP contribution is 2.21. The molecular formula is C17H16N4O3S2. The fourth-order valence-electron chi connectivity index (χ4n) is 2.91. The van der Waals surface area contributed by atoms with Crippen molar-refractivity contribution in [2.45, 2.75) is 6.54 Å². The van der Waals surface area contributed by atoms with Crippen LogP contribution in [0.4, 0.5) is 0 Å². The lowest BCUT2D eigenvalue weighted by molar-refractivity contribution is 0.0778. The van der Waals surface area contributed by atoms with Crippen LogP contribution in [-0.4, -0.2) is 49.3 Å². The molecule has 0 radical (unpaired) electrons. The zero-order valence-electron chi connectivity index (χ0n) is 13.8. The van der Waals surface area contributed by atoms with Gasteiger partial charge in [0.05, 0.1) is 12.1 Å². The van der Waals surface area contributed by atoms with Crippen LogP contribution in [0.15, 0.2) is 39.9 Å². The third-order valence-electron chi connectivity index (χ3n) is 4.29. The topological polar surface area (TPSA) is 88.1 Å². The van der Waals surface area contributed by atoms with Crippen LogP contribution in [0.25, 0.3) is 11.0 Å². The molecule has 0 spiro atoms. The summed E-state index contributed by atoms with van der Waals surface area (Å²) in [7, 11) is 0. The average Bonchev–Trinajstić information content (AvgIpc) is 3.10. The summed E-state index contributed by atoms with van der Waals surface area (Å²) in [5, 5.41) is 0. The number of aromatic amines is 1. The van der Waals surface area contributed by atoms with Crippen molar-refractivity contribution < 1.29 is 4.79 Å². The van der Waals surface area contributed by atoms with Crippen LogP contribution in [0.1, 0.15) is 15.2 Å². The third kappa shape index (κ3) is 3.08. The summed E-state index contributed by atoms with van der Waals surface area (Å²) in [6, 6.07) is 9.27. The monoisotopic (exact) mass is 388 g/mol. The molecule has 0 bridgehead atoms. The molecule has 0 atom stereocenters. The predicted octanol–water partition coefficient (Wildman–Crippen LogP) is 1.38. The van der Waals surface area contributed by atoms with Crippen molar-refractivity contribution in [1.29, 1.82) is 0 Å². The Morgan fingerprint density at radius 2 is 1.88 bits per heavy atom. The number of H-pyrrole nitrogens is 1. The molecule has 1 fully saturated rings. The Bertz CT molecular complexity index is 1070. The van der Waals surface area contributed by atoms with E-state index in [1.54, 1.807) is 4.90 Å². The molecular weight excluding hydrogens is 372 g/mol. The summed E-state index contributed by atoms with van der Waals surface area (Å²) in [6.07, 6.45) is 0. The second kappa shape index (κ2) is 7.08. The maximum Gasteiger partial charge on any atom is 0.329 e. The van der Waals surface area contributed by atoms with E-state index in [1.807, 2.05) is 42.1 Å². The molecule has 1 N–H and O–H groups in total. The predicted molar refractivity (Wildman–Crippen MR) is 103 cm³/mol. The Balaban J connectivity index is 1.75. The molecule has 1 aliphatic rings. The van der Waals surface area contributed by atoms with Gasteiger partial charge in [-0.3, -0.25) is 14.2 Å². The first-order valence-corrected chi connectivity index (χ1v) is 10.1. The zero-order chi connectivity index (χ0) is 18.1. The van der Waals surface area contributed by atoms with Gasteiger partial charge in [0, 0.05) is 24.6 Å². The number of hydrogen-bond acceptors (Lipinski definition) is 6. The average molecular weight is 388 g/mol. The largest absolute Gasteiger partial charge is 0.336 e. The molecule has 2 aromatic heterocycles. The smallest absolute Gasteiger partial charge is 0.329 e. The molecule has 1 amide bonds. The van der Waals surface area contributed by atoms with Crippen molar-refractivity contribution in [2.24, 2.45) is 0 Å². The molecule has 9 heteroatoms. The Morgan fingerprint density at radius 1 is 1.15 bits per heavy atom. The van der Waals surface area contributed by atoms with Crippen LogP contribution >= 0.6 is 23.3 Å². The van der Waals surface area contributed by atoms with Crippen molar-refractivity contribution in [3.63, 3.8) is 0 Å². The standard InChI is InChI=1S/C17H16N4O3S2/c22-15-13-12(14(26-19-13)16(23)20-6-8-25-9-7-20)18-17(24)21(15)10-11-4-2-1-3-5-11/h1-5H,6-10H2,(H,18,24). The van der Waals surface area contributed by atoms with Crippen molar-refractivity contribution in [3.05, 3.63) is 61.6 Å². The number of carbonyl (C=O) groups is 1. The van der Waals surface area contributed by atoms with Gasteiger partial charge < -0.3 is 9.88 Å². The van der Waals surface area contributed by atoms with E-state index in [0.717, 1.165) is 33.2 Å². The lowest BCUT2D eigenvalue weighted by atomic mass is 10.2. The van der Waals surface area contributed by atoms with Gasteiger partial charge in [-0.15, -0.1) is 0 Å². The van der Waals surface area contributed by atoms with Gasteiger partial charge in [0.2, 0.25) is 0 Å². The van der Waals surface area contributed by atoms with Gasteiger partial charge in [-0.05, 0) is 17.1 Å². The molecule has 0 aliphatic carbocycles. The van der Waals surface area contributed by atoms with E-state index >= 15 is 0 Å². The van der Waals surface area contributed by atoms with E-state index < -0.39 is 11.2 Å². The molecule has 1 aliphatic heterocycles. The quantitative estimate of drug-likeness (QED) is 0.732. The molecule has 0 saturated carbocycles. The number of hydrogen-bond donors (Lipinski definition) is 1. The normalized spacial score (nSPS) is 14.7. The van der Waals surface area contributed by atoms with Gasteiger partial charge in [0.1, 0.15) is 4.88 Å². The zero-order valence-corrected chi connectivity index (χ0v) is 15.4. The van der Waals surface area contributed by atoms with Crippen LogP contribution in [0.3, 0.4) is 0 Å². The fraction of sp³-hybridized carbons (Fsp3) is 0.294. The Labute approximate surface area is 156 Å². The Morgan fingerprint density at radius 3 is 2.62 bits per heavy atom. The summed E-state index contributed by atoms with van der Waals surface area (Å²) in [5.41, 5.74) is 0.224. The highest BCUT2D eigenvalue weighted by atomic mass is 32.2. The van der Waals surface area contributed by atoms with Crippen LogP contribution in [0, 0.1) is 0 Å². The van der Waals surface area contributed by atoms with Gasteiger partial charge in [-0.1, -0.05) is 30.3 Å². The Hall–Kier alpha value is -2.39. The van der Waals surface area contributed by atoms with Crippen LogP contribution < -0.4 is 11.2 Å². The number of fused-ring (bicyclic) bond motifs is 1.